The fourth-order valence-corrected chi connectivity index (χ4v) is 2.55. The van der Waals surface area contributed by atoms with Gasteiger partial charge >= 0.3 is 6.03 Å². The van der Waals surface area contributed by atoms with Gasteiger partial charge in [0.15, 0.2) is 0 Å². The molecule has 0 atom stereocenters. The summed E-state index contributed by atoms with van der Waals surface area (Å²) < 4.78 is 1.27. The molecule has 6 heteroatoms. The van der Waals surface area contributed by atoms with Gasteiger partial charge in [0.2, 0.25) is 0 Å². The molecule has 0 spiro atoms. The number of carbonyl (C=O) groups is 1. The number of hydrogen-bond donors (Lipinski definition) is 1. The van der Waals surface area contributed by atoms with Gasteiger partial charge in [-0.05, 0) is 53.9 Å². The molecule has 22 heavy (non-hydrogen) atoms. The molecule has 0 saturated heterocycles. The predicted octanol–water partition coefficient (Wildman–Crippen LogP) is 4.85. The van der Waals surface area contributed by atoms with E-state index in [4.69, 9.17) is 11.6 Å². The van der Waals surface area contributed by atoms with Gasteiger partial charge in [-0.15, -0.1) is 11.3 Å². The summed E-state index contributed by atoms with van der Waals surface area (Å²) in [5, 5.41) is 9.60. The Morgan fingerprint density at radius 2 is 2.00 bits per heavy atom. The number of benzene rings is 1. The van der Waals surface area contributed by atoms with Crippen LogP contribution in [-0.4, -0.2) is 15.8 Å². The SMILES string of the molecule is O=C(Nc1ccc(Cl)cc1)n1ccc(C=Cc2cccs2)n1. The number of carbonyl (C=O) groups excluding carboxylic acids is 1. The lowest BCUT2D eigenvalue weighted by Gasteiger charge is -2.04. The fourth-order valence-electron chi connectivity index (χ4n) is 1.81. The van der Waals surface area contributed by atoms with Crippen molar-refractivity contribution < 1.29 is 4.79 Å². The summed E-state index contributed by atoms with van der Waals surface area (Å²) in [5.74, 6) is 0. The number of aromatic nitrogens is 2. The van der Waals surface area contributed by atoms with Crippen LogP contribution in [0.2, 0.25) is 5.02 Å². The Morgan fingerprint density at radius 3 is 2.73 bits per heavy atom. The van der Waals surface area contributed by atoms with E-state index in [2.05, 4.69) is 10.4 Å². The molecule has 0 saturated carbocycles. The number of nitrogens with one attached hydrogen (secondary N) is 1. The van der Waals surface area contributed by atoms with Gasteiger partial charge in [-0.2, -0.15) is 9.78 Å². The van der Waals surface area contributed by atoms with Crippen molar-refractivity contribution in [1.82, 2.24) is 9.78 Å². The standard InChI is InChI=1S/C16H12ClN3OS/c17-12-3-5-13(6-4-12)18-16(21)20-10-9-14(19-20)7-8-15-2-1-11-22-15/h1-11H,(H,18,21). The van der Waals surface area contributed by atoms with E-state index in [1.807, 2.05) is 29.7 Å². The highest BCUT2D eigenvalue weighted by Crippen LogP contribution is 2.14. The molecule has 2 heterocycles. The third-order valence-corrected chi connectivity index (χ3v) is 3.96. The smallest absolute Gasteiger partial charge is 0.306 e. The molecule has 0 aliphatic rings. The number of nitrogens with zero attached hydrogens (tertiary/aromatic N) is 2. The minimum atomic E-state index is -0.321. The minimum Gasteiger partial charge on any atom is -0.306 e. The summed E-state index contributed by atoms with van der Waals surface area (Å²) >= 11 is 7.46. The maximum absolute atomic E-state index is 12.1. The van der Waals surface area contributed by atoms with Gasteiger partial charge in [0.05, 0.1) is 5.69 Å². The van der Waals surface area contributed by atoms with Gasteiger partial charge in [0.1, 0.15) is 0 Å². The van der Waals surface area contributed by atoms with E-state index < -0.39 is 0 Å². The van der Waals surface area contributed by atoms with Crippen LogP contribution in [0.4, 0.5) is 10.5 Å². The predicted molar refractivity (Wildman–Crippen MR) is 91.3 cm³/mol. The lowest BCUT2D eigenvalue weighted by Crippen LogP contribution is -2.19. The van der Waals surface area contributed by atoms with Crippen molar-refractivity contribution in [2.24, 2.45) is 0 Å². The zero-order valence-corrected chi connectivity index (χ0v) is 13.0. The normalized spacial score (nSPS) is 11.0. The van der Waals surface area contributed by atoms with Crippen LogP contribution in [0, 0.1) is 0 Å². The molecular formula is C16H12ClN3OS. The first-order valence-corrected chi connectivity index (χ1v) is 7.81. The number of thiophene rings is 1. The third-order valence-electron chi connectivity index (χ3n) is 2.87. The van der Waals surface area contributed by atoms with Crippen LogP contribution in [0.3, 0.4) is 0 Å². The van der Waals surface area contributed by atoms with E-state index in [0.717, 1.165) is 10.6 Å². The molecule has 0 aliphatic carbocycles. The summed E-state index contributed by atoms with van der Waals surface area (Å²) in [4.78, 5) is 13.2. The second kappa shape index (κ2) is 6.60. The van der Waals surface area contributed by atoms with E-state index in [1.54, 1.807) is 47.9 Å². The molecule has 110 valence electrons. The zero-order valence-electron chi connectivity index (χ0n) is 11.4. The molecule has 1 N–H and O–H groups in total. The number of anilines is 1. The van der Waals surface area contributed by atoms with E-state index in [1.165, 1.54) is 4.68 Å². The first kappa shape index (κ1) is 14.6. The molecular weight excluding hydrogens is 318 g/mol. The number of rotatable bonds is 3. The monoisotopic (exact) mass is 329 g/mol. The molecule has 0 bridgehead atoms. The van der Waals surface area contributed by atoms with E-state index in [9.17, 15) is 4.79 Å². The van der Waals surface area contributed by atoms with Crippen molar-refractivity contribution in [3.63, 3.8) is 0 Å². The van der Waals surface area contributed by atoms with Crippen LogP contribution < -0.4 is 5.32 Å². The van der Waals surface area contributed by atoms with Crippen molar-refractivity contribution in [1.29, 1.82) is 0 Å². The Morgan fingerprint density at radius 1 is 1.18 bits per heavy atom. The van der Waals surface area contributed by atoms with Crippen LogP contribution in [0.15, 0.2) is 54.0 Å². The second-order valence-electron chi connectivity index (χ2n) is 4.47. The minimum absolute atomic E-state index is 0.321. The number of halogens is 1. The quantitative estimate of drug-likeness (QED) is 0.746. The van der Waals surface area contributed by atoms with Crippen molar-refractivity contribution in [3.05, 3.63) is 69.6 Å². The van der Waals surface area contributed by atoms with Crippen LogP contribution in [0.1, 0.15) is 10.6 Å². The average molecular weight is 330 g/mol. The van der Waals surface area contributed by atoms with Gasteiger partial charge in [-0.1, -0.05) is 17.7 Å². The Labute approximate surface area is 136 Å². The van der Waals surface area contributed by atoms with Gasteiger partial charge in [0, 0.05) is 21.8 Å². The molecule has 1 amide bonds. The maximum atomic E-state index is 12.1. The van der Waals surface area contributed by atoms with Crippen molar-refractivity contribution >= 4 is 46.8 Å². The van der Waals surface area contributed by atoms with Gasteiger partial charge in [0.25, 0.3) is 0 Å². The van der Waals surface area contributed by atoms with Gasteiger partial charge in [-0.25, -0.2) is 4.79 Å². The molecule has 3 aromatic rings. The lowest BCUT2D eigenvalue weighted by atomic mass is 10.3. The molecule has 0 fully saturated rings. The van der Waals surface area contributed by atoms with E-state index >= 15 is 0 Å². The Bertz CT molecular complexity index is 791. The van der Waals surface area contributed by atoms with Crippen LogP contribution >= 0.6 is 22.9 Å². The average Bonchev–Trinajstić information content (AvgIpc) is 3.18. The summed E-state index contributed by atoms with van der Waals surface area (Å²) in [6.45, 7) is 0. The maximum Gasteiger partial charge on any atom is 0.346 e. The molecule has 2 aromatic heterocycles. The molecule has 0 unspecified atom stereocenters. The molecule has 0 aliphatic heterocycles. The topological polar surface area (TPSA) is 46.9 Å². The molecule has 3 rings (SSSR count). The summed E-state index contributed by atoms with van der Waals surface area (Å²) in [6.07, 6.45) is 5.46. The van der Waals surface area contributed by atoms with Crippen molar-refractivity contribution in [2.45, 2.75) is 0 Å². The molecule has 1 aromatic carbocycles. The fraction of sp³-hybridized carbons (Fsp3) is 0. The van der Waals surface area contributed by atoms with E-state index in [-0.39, 0.29) is 6.03 Å². The van der Waals surface area contributed by atoms with Crippen LogP contribution in [-0.2, 0) is 0 Å². The summed E-state index contributed by atoms with van der Waals surface area (Å²) in [6, 6.07) is 12.4. The zero-order chi connectivity index (χ0) is 15.4. The Kier molecular flexibility index (Phi) is 4.37. The van der Waals surface area contributed by atoms with Crippen molar-refractivity contribution in [3.8, 4) is 0 Å². The Hall–Kier alpha value is -2.37. The third kappa shape index (κ3) is 3.63. The van der Waals surface area contributed by atoms with Gasteiger partial charge in [-0.3, -0.25) is 0 Å². The van der Waals surface area contributed by atoms with E-state index in [0.29, 0.717) is 10.7 Å². The highest BCUT2D eigenvalue weighted by molar-refractivity contribution is 7.10. The van der Waals surface area contributed by atoms with Crippen molar-refractivity contribution in [2.75, 3.05) is 5.32 Å². The first-order chi connectivity index (χ1) is 10.7. The Balaban J connectivity index is 1.67. The summed E-state index contributed by atoms with van der Waals surface area (Å²) in [5.41, 5.74) is 1.39. The van der Waals surface area contributed by atoms with Crippen LogP contribution in [0.25, 0.3) is 12.2 Å². The first-order valence-electron chi connectivity index (χ1n) is 6.55. The van der Waals surface area contributed by atoms with Gasteiger partial charge < -0.3 is 5.32 Å². The highest BCUT2D eigenvalue weighted by atomic mass is 35.5. The second-order valence-corrected chi connectivity index (χ2v) is 5.89. The largest absolute Gasteiger partial charge is 0.346 e. The van der Waals surface area contributed by atoms with Crippen LogP contribution in [0.5, 0.6) is 0 Å². The lowest BCUT2D eigenvalue weighted by molar-refractivity contribution is 0.251. The molecule has 4 nitrogen and oxygen atoms in total. The molecule has 0 radical (unpaired) electrons. The highest BCUT2D eigenvalue weighted by Gasteiger charge is 2.06. The number of amides is 1. The summed E-state index contributed by atoms with van der Waals surface area (Å²) in [7, 11) is 0. The number of hydrogen-bond acceptors (Lipinski definition) is 3.